The van der Waals surface area contributed by atoms with Gasteiger partial charge in [-0.2, -0.15) is 5.10 Å². The van der Waals surface area contributed by atoms with Gasteiger partial charge in [0.05, 0.1) is 6.21 Å². The molecule has 11 heavy (non-hydrogen) atoms. The van der Waals surface area contributed by atoms with Crippen molar-refractivity contribution in [3.63, 3.8) is 0 Å². The highest BCUT2D eigenvalue weighted by atomic mass is 127. The van der Waals surface area contributed by atoms with Crippen molar-refractivity contribution < 1.29 is 5.11 Å². The van der Waals surface area contributed by atoms with Crippen LogP contribution in [0.4, 0.5) is 0 Å². The lowest BCUT2D eigenvalue weighted by molar-refractivity contribution is 0.474. The summed E-state index contributed by atoms with van der Waals surface area (Å²) in [6.45, 7) is 0. The summed E-state index contributed by atoms with van der Waals surface area (Å²) < 4.78 is 0.928. The molecule has 0 aliphatic heterocycles. The molecule has 0 fully saturated rings. The Labute approximate surface area is 78.1 Å². The molecule has 1 aromatic rings. The van der Waals surface area contributed by atoms with Gasteiger partial charge in [-0.05, 0) is 34.7 Å². The lowest BCUT2D eigenvalue weighted by Crippen LogP contribution is -1.90. The Kier molecular flexibility index (Phi) is 2.70. The number of hydrogen-bond acceptors (Lipinski definition) is 3. The number of halogens is 1. The molecule has 0 amide bonds. The van der Waals surface area contributed by atoms with Gasteiger partial charge in [0.25, 0.3) is 0 Å². The lowest BCUT2D eigenvalue weighted by atomic mass is 10.2. The van der Waals surface area contributed by atoms with Crippen LogP contribution in [-0.2, 0) is 0 Å². The van der Waals surface area contributed by atoms with E-state index in [1.54, 1.807) is 12.1 Å². The standard InChI is InChI=1S/C7H7IN2O/c8-6-2-1-3-7(11)5(6)4-10-9/h1-4,11H,9H2. The third kappa shape index (κ3) is 1.83. The van der Waals surface area contributed by atoms with Crippen LogP contribution >= 0.6 is 22.6 Å². The molecule has 0 aliphatic rings. The van der Waals surface area contributed by atoms with E-state index in [1.807, 2.05) is 6.07 Å². The summed E-state index contributed by atoms with van der Waals surface area (Å²) in [7, 11) is 0. The van der Waals surface area contributed by atoms with Crippen LogP contribution in [0.5, 0.6) is 5.75 Å². The van der Waals surface area contributed by atoms with Crippen LogP contribution < -0.4 is 5.84 Å². The average Bonchev–Trinajstić information content (AvgIpc) is 1.97. The summed E-state index contributed by atoms with van der Waals surface area (Å²) in [5, 5.41) is 12.6. The first kappa shape index (κ1) is 8.32. The fraction of sp³-hybridized carbons (Fsp3) is 0. The van der Waals surface area contributed by atoms with Crippen molar-refractivity contribution in [3.8, 4) is 5.75 Å². The van der Waals surface area contributed by atoms with Crippen molar-refractivity contribution in [3.05, 3.63) is 27.3 Å². The molecule has 0 bridgehead atoms. The molecular weight excluding hydrogens is 255 g/mol. The van der Waals surface area contributed by atoms with Gasteiger partial charge in [-0.25, -0.2) is 0 Å². The SMILES string of the molecule is NN=Cc1c(O)cccc1I. The smallest absolute Gasteiger partial charge is 0.125 e. The van der Waals surface area contributed by atoms with Crippen molar-refractivity contribution in [1.29, 1.82) is 0 Å². The van der Waals surface area contributed by atoms with Crippen LogP contribution in [0.2, 0.25) is 0 Å². The maximum atomic E-state index is 9.27. The van der Waals surface area contributed by atoms with Crippen LogP contribution in [0.15, 0.2) is 23.3 Å². The number of aromatic hydroxyl groups is 1. The fourth-order valence-corrected chi connectivity index (χ4v) is 1.35. The first-order valence-electron chi connectivity index (χ1n) is 2.96. The zero-order valence-electron chi connectivity index (χ0n) is 5.66. The predicted molar refractivity (Wildman–Crippen MR) is 52.6 cm³/mol. The summed E-state index contributed by atoms with van der Waals surface area (Å²) in [5.41, 5.74) is 0.663. The topological polar surface area (TPSA) is 58.6 Å². The number of benzene rings is 1. The van der Waals surface area contributed by atoms with E-state index in [0.717, 1.165) is 3.57 Å². The van der Waals surface area contributed by atoms with Gasteiger partial charge in [-0.3, -0.25) is 0 Å². The minimum absolute atomic E-state index is 0.200. The molecule has 0 aromatic heterocycles. The number of phenols is 1. The second-order valence-electron chi connectivity index (χ2n) is 1.95. The van der Waals surface area contributed by atoms with Crippen LogP contribution in [0.25, 0.3) is 0 Å². The Morgan fingerprint density at radius 3 is 2.82 bits per heavy atom. The van der Waals surface area contributed by atoms with Crippen LogP contribution in [0.1, 0.15) is 5.56 Å². The van der Waals surface area contributed by atoms with E-state index in [2.05, 4.69) is 27.7 Å². The molecule has 0 radical (unpaired) electrons. The van der Waals surface area contributed by atoms with Gasteiger partial charge in [0.15, 0.2) is 0 Å². The molecule has 4 heteroatoms. The van der Waals surface area contributed by atoms with Gasteiger partial charge < -0.3 is 10.9 Å². The van der Waals surface area contributed by atoms with Crippen LogP contribution in [0, 0.1) is 3.57 Å². The van der Waals surface area contributed by atoms with Gasteiger partial charge in [0, 0.05) is 9.13 Å². The van der Waals surface area contributed by atoms with Crippen molar-refractivity contribution in [2.24, 2.45) is 10.9 Å². The molecular formula is C7H7IN2O. The quantitative estimate of drug-likeness (QED) is 0.347. The molecule has 1 rings (SSSR count). The Morgan fingerprint density at radius 1 is 1.55 bits per heavy atom. The van der Waals surface area contributed by atoms with Gasteiger partial charge in [-0.15, -0.1) is 0 Å². The Balaban J connectivity index is 3.20. The molecule has 0 unspecified atom stereocenters. The first-order valence-corrected chi connectivity index (χ1v) is 4.04. The molecule has 0 aliphatic carbocycles. The molecule has 0 atom stereocenters. The predicted octanol–water partition coefficient (Wildman–Crippen LogP) is 1.29. The number of rotatable bonds is 1. The van der Waals surface area contributed by atoms with Crippen molar-refractivity contribution >= 4 is 28.8 Å². The molecule has 0 heterocycles. The number of hydrogen-bond donors (Lipinski definition) is 2. The molecule has 0 spiro atoms. The number of nitrogens with two attached hydrogens (primary N) is 1. The van der Waals surface area contributed by atoms with E-state index in [1.165, 1.54) is 6.21 Å². The van der Waals surface area contributed by atoms with E-state index in [-0.39, 0.29) is 5.75 Å². The fourth-order valence-electron chi connectivity index (χ4n) is 0.728. The van der Waals surface area contributed by atoms with E-state index < -0.39 is 0 Å². The largest absolute Gasteiger partial charge is 0.507 e. The van der Waals surface area contributed by atoms with Gasteiger partial charge >= 0.3 is 0 Å². The van der Waals surface area contributed by atoms with Crippen molar-refractivity contribution in [2.75, 3.05) is 0 Å². The maximum Gasteiger partial charge on any atom is 0.125 e. The van der Waals surface area contributed by atoms with E-state index in [4.69, 9.17) is 5.84 Å². The highest BCUT2D eigenvalue weighted by Crippen LogP contribution is 2.19. The van der Waals surface area contributed by atoms with E-state index in [0.29, 0.717) is 5.56 Å². The van der Waals surface area contributed by atoms with Crippen LogP contribution in [0.3, 0.4) is 0 Å². The third-order valence-corrected chi connectivity index (χ3v) is 2.17. The Morgan fingerprint density at radius 2 is 2.27 bits per heavy atom. The monoisotopic (exact) mass is 262 g/mol. The molecule has 0 saturated heterocycles. The molecule has 0 saturated carbocycles. The second-order valence-corrected chi connectivity index (χ2v) is 3.11. The summed E-state index contributed by atoms with van der Waals surface area (Å²) in [5.74, 6) is 5.15. The van der Waals surface area contributed by atoms with Gasteiger partial charge in [0.1, 0.15) is 5.75 Å². The van der Waals surface area contributed by atoms with Crippen molar-refractivity contribution in [1.82, 2.24) is 0 Å². The van der Waals surface area contributed by atoms with Gasteiger partial charge in [0.2, 0.25) is 0 Å². The summed E-state index contributed by atoms with van der Waals surface area (Å²) in [6, 6.07) is 5.24. The normalized spacial score (nSPS) is 10.6. The number of hydrazone groups is 1. The molecule has 58 valence electrons. The first-order chi connectivity index (χ1) is 5.25. The Hall–Kier alpha value is -0.780. The van der Waals surface area contributed by atoms with Gasteiger partial charge in [-0.1, -0.05) is 6.07 Å². The maximum absolute atomic E-state index is 9.27. The van der Waals surface area contributed by atoms with Crippen molar-refractivity contribution in [2.45, 2.75) is 0 Å². The zero-order chi connectivity index (χ0) is 8.27. The van der Waals surface area contributed by atoms with Crippen LogP contribution in [-0.4, -0.2) is 11.3 Å². The third-order valence-electron chi connectivity index (χ3n) is 1.23. The lowest BCUT2D eigenvalue weighted by Gasteiger charge is -1.99. The minimum Gasteiger partial charge on any atom is -0.507 e. The summed E-state index contributed by atoms with van der Waals surface area (Å²) >= 11 is 2.10. The highest BCUT2D eigenvalue weighted by molar-refractivity contribution is 14.1. The number of nitrogens with zero attached hydrogens (tertiary/aromatic N) is 1. The van der Waals surface area contributed by atoms with E-state index in [9.17, 15) is 5.11 Å². The Bertz CT molecular complexity index is 266. The molecule has 3 N–H and O–H groups in total. The average molecular weight is 262 g/mol. The van der Waals surface area contributed by atoms with E-state index >= 15 is 0 Å². The molecule has 3 nitrogen and oxygen atoms in total. The minimum atomic E-state index is 0.200. The molecule has 1 aromatic carbocycles. The summed E-state index contributed by atoms with van der Waals surface area (Å²) in [6.07, 6.45) is 1.43. The number of phenolic OH excluding ortho intramolecular Hbond substituents is 1. The second kappa shape index (κ2) is 3.56. The summed E-state index contributed by atoms with van der Waals surface area (Å²) in [4.78, 5) is 0. The zero-order valence-corrected chi connectivity index (χ0v) is 7.82. The highest BCUT2D eigenvalue weighted by Gasteiger charge is 2.00.